The van der Waals surface area contributed by atoms with Crippen LogP contribution in [-0.2, 0) is 67.2 Å². The van der Waals surface area contributed by atoms with Crippen LogP contribution in [0.4, 0.5) is 0 Å². The Bertz CT molecular complexity index is 2880. The largest absolute Gasteiger partial charge is 0.481 e. The van der Waals surface area contributed by atoms with E-state index in [1.807, 2.05) is 18.2 Å². The van der Waals surface area contributed by atoms with Gasteiger partial charge in [-0.2, -0.15) is 25.3 Å². The Balaban J connectivity index is 1.65. The first-order chi connectivity index (χ1) is 39.1. The first-order valence-electron chi connectivity index (χ1n) is 25.9. The number of carboxylic acid groups (broad SMARTS) is 1. The highest BCUT2D eigenvalue weighted by atomic mass is 32.1. The van der Waals surface area contributed by atoms with E-state index in [0.29, 0.717) is 16.8 Å². The zero-order valence-electron chi connectivity index (χ0n) is 44.9. The number of nitrogens with zero attached hydrogens (tertiary/aromatic N) is 3. The molecule has 2 heterocycles. The molecule has 31 heteroatoms. The number of para-hydroxylation sites is 1. The summed E-state index contributed by atoms with van der Waals surface area (Å²) >= 11 is 8.35. The summed E-state index contributed by atoms with van der Waals surface area (Å²) in [6.07, 6.45) is 2.94. The van der Waals surface area contributed by atoms with E-state index in [-0.39, 0.29) is 81.5 Å². The van der Waals surface area contributed by atoms with Gasteiger partial charge in [0.2, 0.25) is 53.2 Å². The molecule has 2 aromatic carbocycles. The van der Waals surface area contributed by atoms with Crippen molar-refractivity contribution in [3.05, 3.63) is 90.1 Å². The number of aromatic amines is 2. The maximum atomic E-state index is 14.7. The Morgan fingerprint density at radius 1 is 0.549 bits per heavy atom. The molecule has 9 amide bonds. The van der Waals surface area contributed by atoms with Gasteiger partial charge < -0.3 is 86.3 Å². The van der Waals surface area contributed by atoms with Gasteiger partial charge in [-0.1, -0.05) is 48.5 Å². The summed E-state index contributed by atoms with van der Waals surface area (Å²) in [4.78, 5) is 153. The number of aliphatic imine (C=N–C) groups is 2. The van der Waals surface area contributed by atoms with Crippen molar-refractivity contribution in [1.82, 2.24) is 57.5 Å². The minimum atomic E-state index is -1.64. The van der Waals surface area contributed by atoms with E-state index in [2.05, 4.69) is 92.7 Å². The van der Waals surface area contributed by atoms with E-state index in [9.17, 15) is 53.1 Å². The van der Waals surface area contributed by atoms with Crippen molar-refractivity contribution in [3.63, 3.8) is 0 Å². The summed E-state index contributed by atoms with van der Waals surface area (Å²) < 4.78 is 0. The summed E-state index contributed by atoms with van der Waals surface area (Å²) in [7, 11) is 0. The fraction of sp³-hybridized carbons (Fsp3) is 0.431. The van der Waals surface area contributed by atoms with Crippen molar-refractivity contribution in [1.29, 1.82) is 0 Å². The molecule has 0 radical (unpaired) electrons. The van der Waals surface area contributed by atoms with Crippen molar-refractivity contribution < 1.29 is 53.1 Å². The predicted octanol–water partition coefficient (Wildman–Crippen LogP) is -3.87. The second-order valence-corrected chi connectivity index (χ2v) is 19.5. The minimum absolute atomic E-state index is 0.0162. The van der Waals surface area contributed by atoms with E-state index in [0.717, 1.165) is 10.9 Å². The van der Waals surface area contributed by atoms with Crippen molar-refractivity contribution in [3.8, 4) is 0 Å². The second kappa shape index (κ2) is 33.7. The van der Waals surface area contributed by atoms with Gasteiger partial charge in [-0.15, -0.1) is 0 Å². The molecule has 0 fully saturated rings. The number of hydrogen-bond acceptors (Lipinski definition) is 15. The lowest BCUT2D eigenvalue weighted by molar-refractivity contribution is -0.138. The van der Waals surface area contributed by atoms with Gasteiger partial charge in [0.15, 0.2) is 11.9 Å². The van der Waals surface area contributed by atoms with Crippen LogP contribution >= 0.6 is 25.3 Å². The zero-order chi connectivity index (χ0) is 60.3. The number of hydrogen-bond donors (Lipinski definition) is 18. The number of imidazole rings is 1. The molecule has 0 saturated heterocycles. The molecule has 0 aliphatic rings. The Kier molecular flexibility index (Phi) is 26.9. The third-order valence-corrected chi connectivity index (χ3v) is 13.1. The van der Waals surface area contributed by atoms with E-state index >= 15 is 0 Å². The number of H-pyrrole nitrogens is 2. The maximum Gasteiger partial charge on any atom is 0.303 e. The molecule has 0 saturated carbocycles. The van der Waals surface area contributed by atoms with Crippen LogP contribution < -0.4 is 71.2 Å². The van der Waals surface area contributed by atoms with Crippen molar-refractivity contribution >= 4 is 107 Å². The van der Waals surface area contributed by atoms with Gasteiger partial charge in [0.1, 0.15) is 48.3 Å². The molecule has 0 aliphatic carbocycles. The first-order valence-corrected chi connectivity index (χ1v) is 27.1. The molecule has 0 spiro atoms. The average Bonchev–Trinajstić information content (AvgIpc) is 4.31. The van der Waals surface area contributed by atoms with Crippen molar-refractivity contribution in [2.75, 3.05) is 24.6 Å². The molecular formula is C51H72N18O11S2. The molecule has 8 atom stereocenters. The number of fused-ring (bicyclic) bond motifs is 1. The van der Waals surface area contributed by atoms with Gasteiger partial charge >= 0.3 is 5.97 Å². The number of thiol groups is 2. The molecule has 0 bridgehead atoms. The van der Waals surface area contributed by atoms with Crippen LogP contribution in [0.5, 0.6) is 0 Å². The highest BCUT2D eigenvalue weighted by molar-refractivity contribution is 7.80. The van der Waals surface area contributed by atoms with Crippen LogP contribution in [0.15, 0.2) is 83.3 Å². The van der Waals surface area contributed by atoms with Gasteiger partial charge in [-0.05, 0) is 49.3 Å². The Hall–Kier alpha value is -8.87. The van der Waals surface area contributed by atoms with Gasteiger partial charge in [0.05, 0.1) is 6.33 Å². The van der Waals surface area contributed by atoms with E-state index < -0.39 is 120 Å². The van der Waals surface area contributed by atoms with Gasteiger partial charge in [-0.25, -0.2) is 4.98 Å². The number of aliphatic carboxylic acids is 1. The third-order valence-electron chi connectivity index (χ3n) is 12.4. The molecule has 2 aromatic heterocycles. The lowest BCUT2D eigenvalue weighted by atomic mass is 10.0. The Morgan fingerprint density at radius 2 is 1.00 bits per heavy atom. The number of carbonyl (C=O) groups excluding carboxylic acids is 9. The number of nitrogens with two attached hydrogens (primary N) is 5. The van der Waals surface area contributed by atoms with Gasteiger partial charge in [-0.3, -0.25) is 57.9 Å². The lowest BCUT2D eigenvalue weighted by Crippen LogP contribution is -2.61. The smallest absolute Gasteiger partial charge is 0.303 e. The topological polar surface area (TPSA) is 486 Å². The molecule has 4 aromatic rings. The number of rotatable bonds is 35. The summed E-state index contributed by atoms with van der Waals surface area (Å²) in [5.41, 5.74) is 29.7. The summed E-state index contributed by atoms with van der Waals surface area (Å²) in [5.74, 6) is -9.97. The van der Waals surface area contributed by atoms with Gasteiger partial charge in [0.25, 0.3) is 0 Å². The number of carboxylic acids is 1. The number of aromatic nitrogens is 3. The van der Waals surface area contributed by atoms with Gasteiger partial charge in [0, 0.05) is 86.2 Å². The molecular weight excluding hydrogens is 1100 g/mol. The molecule has 4 rings (SSSR count). The fourth-order valence-electron chi connectivity index (χ4n) is 8.25. The van der Waals surface area contributed by atoms with Crippen LogP contribution in [-0.4, -0.2) is 164 Å². The number of guanidine groups is 2. The molecule has 8 unspecified atom stereocenters. The maximum absolute atomic E-state index is 14.7. The van der Waals surface area contributed by atoms with Crippen LogP contribution in [0.3, 0.4) is 0 Å². The normalized spacial score (nSPS) is 13.8. The number of benzene rings is 2. The summed E-state index contributed by atoms with van der Waals surface area (Å²) in [6, 6.07) is 4.42. The minimum Gasteiger partial charge on any atom is -0.481 e. The Labute approximate surface area is 482 Å². The fourth-order valence-corrected chi connectivity index (χ4v) is 8.78. The lowest BCUT2D eigenvalue weighted by Gasteiger charge is -2.28. The van der Waals surface area contributed by atoms with E-state index in [1.165, 1.54) is 19.4 Å². The molecule has 29 nitrogen and oxygen atoms in total. The SMILES string of the molecule is CC(=O)NC(CCCN=C(N)N)C(=O)NC(CS)C(=O)NC(CCC(=O)O)C(=O)NC(Cc1cnc[nH]1)C(=O)NC(Cc1ccccc1)C(=O)NC(CCCN=C(N)N)C(=O)NC(Cc1c[nH]c2ccccc12)C(=O)NC(CS)C(N)=O. The highest BCUT2D eigenvalue weighted by Gasteiger charge is 2.35. The van der Waals surface area contributed by atoms with Crippen LogP contribution in [0, 0.1) is 0 Å². The first kappa shape index (κ1) is 65.6. The quantitative estimate of drug-likeness (QED) is 0.00907. The second-order valence-electron chi connectivity index (χ2n) is 18.8. The average molecular weight is 1180 g/mol. The number of amides is 9. The molecule has 444 valence electrons. The van der Waals surface area contributed by atoms with Crippen molar-refractivity contribution in [2.24, 2.45) is 38.7 Å². The van der Waals surface area contributed by atoms with E-state index in [1.54, 1.807) is 42.6 Å². The number of primary amides is 1. The third kappa shape index (κ3) is 22.3. The number of carbonyl (C=O) groups is 10. The van der Waals surface area contributed by atoms with Crippen LogP contribution in [0.2, 0.25) is 0 Å². The van der Waals surface area contributed by atoms with E-state index in [4.69, 9.17) is 28.7 Å². The summed E-state index contributed by atoms with van der Waals surface area (Å²) in [6.45, 7) is 1.33. The summed E-state index contributed by atoms with van der Waals surface area (Å²) in [5, 5.41) is 31.0. The highest BCUT2D eigenvalue weighted by Crippen LogP contribution is 2.20. The zero-order valence-corrected chi connectivity index (χ0v) is 46.7. The molecule has 0 aliphatic heterocycles. The van der Waals surface area contributed by atoms with Crippen molar-refractivity contribution in [2.45, 2.75) is 113 Å². The standard InChI is InChI=1S/C51H72N18O11S2/c1-27(70)62-33(13-7-17-58-50(53)54)43(74)69-40(25-82)49(80)64-35(15-16-41(71)72)45(76)67-38(21-30-23-57-26-61-30)48(79)65-36(19-28-9-3-2-4-10-28)46(77)63-34(14-8-18-59-51(55)56)44(75)66-37(47(78)68-39(24-81)42(52)73)20-29-22-60-32-12-6-5-11-31(29)32/h2-6,9-12,22-23,26,33-40,60,81-82H,7-8,13-21,24-25H2,1H3,(H2,52,73)(H,57,61)(H,62,70)(H,63,77)(H,64,80)(H,65,79)(H,66,75)(H,67,76)(H,68,78)(H,69,74)(H,71,72)(H4,53,54,58)(H4,55,56,59). The van der Waals surface area contributed by atoms with Crippen LogP contribution in [0.1, 0.15) is 62.3 Å². The molecule has 82 heavy (non-hydrogen) atoms. The monoisotopic (exact) mass is 1180 g/mol. The Morgan fingerprint density at radius 3 is 1.50 bits per heavy atom. The number of nitrogens with one attached hydrogen (secondary N) is 10. The molecule has 21 N–H and O–H groups in total. The van der Waals surface area contributed by atoms with Crippen LogP contribution in [0.25, 0.3) is 10.9 Å². The predicted molar refractivity (Wildman–Crippen MR) is 309 cm³/mol.